The lowest BCUT2D eigenvalue weighted by Gasteiger charge is -2.07. The number of carboxylic acid groups (broad SMARTS) is 3. The molecule has 12 N–H and O–H groups in total. The number of hydrogen-bond acceptors (Lipinski definition) is 8. The minimum Gasteiger partial charge on any atom is -0.480 e. The molecule has 12 heteroatoms. The minimum atomic E-state index is -1.18. The van der Waals surface area contributed by atoms with Crippen LogP contribution in [0.25, 0.3) is 0 Å². The van der Waals surface area contributed by atoms with Gasteiger partial charge in [-0.3, -0.25) is 19.2 Å². The summed E-state index contributed by atoms with van der Waals surface area (Å²) in [5.41, 5.74) is 19.7. The number of primary amides is 1. The van der Waals surface area contributed by atoms with Crippen LogP contribution in [0.15, 0.2) is 0 Å². The largest absolute Gasteiger partial charge is 0.480 e. The molecule has 0 spiro atoms. The Labute approximate surface area is 144 Å². The summed E-state index contributed by atoms with van der Waals surface area (Å²) in [4.78, 5) is 39.8. The molecule has 0 fully saturated rings. The van der Waals surface area contributed by atoms with E-state index in [1.165, 1.54) is 0 Å². The summed E-state index contributed by atoms with van der Waals surface area (Å²) < 4.78 is 0. The fraction of sp³-hybridized carbons (Fsp3) is 0.692. The first-order valence-corrected chi connectivity index (χ1v) is 7.12. The Morgan fingerprint density at radius 1 is 0.840 bits per heavy atom. The highest BCUT2D eigenvalue weighted by Gasteiger charge is 2.14. The smallest absolute Gasteiger partial charge is 0.322 e. The topological polar surface area (TPSA) is 253 Å². The molecule has 0 heterocycles. The van der Waals surface area contributed by atoms with Crippen molar-refractivity contribution in [2.45, 2.75) is 44.8 Å². The number of rotatable bonds is 8. The van der Waals surface area contributed by atoms with Crippen molar-refractivity contribution in [1.82, 2.24) is 0 Å². The van der Waals surface area contributed by atoms with Crippen molar-refractivity contribution in [3.63, 3.8) is 0 Å². The quantitative estimate of drug-likeness (QED) is 0.215. The Morgan fingerprint density at radius 2 is 1.24 bits per heavy atom. The Bertz CT molecular complexity index is 430. The van der Waals surface area contributed by atoms with Gasteiger partial charge in [-0.25, -0.2) is 0 Å². The number of aliphatic hydroxyl groups is 1. The van der Waals surface area contributed by atoms with Crippen LogP contribution in [0.2, 0.25) is 0 Å². The first-order chi connectivity index (χ1) is 11.3. The number of carboxylic acids is 3. The summed E-state index contributed by atoms with van der Waals surface area (Å²) in [7, 11) is 0. The second kappa shape index (κ2) is 15.3. The summed E-state index contributed by atoms with van der Waals surface area (Å²) in [6, 6.07) is -2.82. The van der Waals surface area contributed by atoms with Crippen molar-refractivity contribution in [3.8, 4) is 0 Å². The van der Waals surface area contributed by atoms with Gasteiger partial charge in [0.15, 0.2) is 0 Å². The lowest BCUT2D eigenvalue weighted by atomic mass is 10.1. The molecular formula is C13H28N4O8. The lowest BCUT2D eigenvalue weighted by molar-refractivity contribution is -0.140. The molecule has 25 heavy (non-hydrogen) atoms. The minimum absolute atomic E-state index is 0.0208. The lowest BCUT2D eigenvalue weighted by Crippen LogP contribution is -2.34. The predicted molar refractivity (Wildman–Crippen MR) is 87.2 cm³/mol. The first kappa shape index (κ1) is 27.6. The number of carbonyl (C=O) groups excluding carboxylic acids is 1. The molecule has 3 atom stereocenters. The standard InChI is InChI=1S/C5H10N2O3.C5H11NO2.C3H7NO3/c6-3(5(9)10)1-2-4(7)8;1-3(2)4(6)5(7)8;4-2(1-5)3(6)7/h3H,1-2,6H2,(H2,7,8)(H,9,10);3-4H,6H2,1-2H3,(H,7,8);2,5H,1,4H2,(H,6,7). The van der Waals surface area contributed by atoms with Crippen LogP contribution in [-0.4, -0.2) is 69.0 Å². The molecule has 0 aliphatic heterocycles. The number of amides is 1. The fourth-order valence-corrected chi connectivity index (χ4v) is 0.784. The summed E-state index contributed by atoms with van der Waals surface area (Å²) >= 11 is 0. The molecule has 3 unspecified atom stereocenters. The van der Waals surface area contributed by atoms with Crippen LogP contribution < -0.4 is 22.9 Å². The van der Waals surface area contributed by atoms with E-state index in [9.17, 15) is 19.2 Å². The zero-order valence-corrected chi connectivity index (χ0v) is 14.2. The first-order valence-electron chi connectivity index (χ1n) is 7.12. The van der Waals surface area contributed by atoms with Crippen molar-refractivity contribution < 1.29 is 39.6 Å². The van der Waals surface area contributed by atoms with Crippen molar-refractivity contribution in [2.24, 2.45) is 28.9 Å². The van der Waals surface area contributed by atoms with Gasteiger partial charge in [0.05, 0.1) is 6.61 Å². The molecule has 0 aliphatic rings. The van der Waals surface area contributed by atoms with Gasteiger partial charge >= 0.3 is 17.9 Å². The average Bonchev–Trinajstić information content (AvgIpc) is 2.51. The van der Waals surface area contributed by atoms with Crippen LogP contribution in [0.3, 0.4) is 0 Å². The van der Waals surface area contributed by atoms with E-state index in [1.54, 1.807) is 13.8 Å². The number of nitrogens with two attached hydrogens (primary N) is 4. The van der Waals surface area contributed by atoms with Gasteiger partial charge in [0.2, 0.25) is 5.91 Å². The molecule has 0 aromatic rings. The molecule has 0 radical (unpaired) electrons. The molecule has 148 valence electrons. The van der Waals surface area contributed by atoms with Gasteiger partial charge in [-0.15, -0.1) is 0 Å². The molecule has 0 rings (SSSR count). The molecule has 0 saturated carbocycles. The van der Waals surface area contributed by atoms with Crippen molar-refractivity contribution in [2.75, 3.05) is 6.61 Å². The van der Waals surface area contributed by atoms with E-state index in [4.69, 9.17) is 43.4 Å². The van der Waals surface area contributed by atoms with E-state index in [1.807, 2.05) is 0 Å². The number of hydrogen-bond donors (Lipinski definition) is 8. The fourth-order valence-electron chi connectivity index (χ4n) is 0.784. The van der Waals surface area contributed by atoms with E-state index in [0.29, 0.717) is 0 Å². The van der Waals surface area contributed by atoms with E-state index in [0.717, 1.165) is 0 Å². The van der Waals surface area contributed by atoms with Crippen molar-refractivity contribution in [1.29, 1.82) is 0 Å². The van der Waals surface area contributed by atoms with Gasteiger partial charge in [-0.05, 0) is 12.3 Å². The van der Waals surface area contributed by atoms with Gasteiger partial charge in [0.25, 0.3) is 0 Å². The molecule has 0 saturated heterocycles. The van der Waals surface area contributed by atoms with Crippen LogP contribution in [0, 0.1) is 5.92 Å². The van der Waals surface area contributed by atoms with E-state index in [-0.39, 0.29) is 18.8 Å². The van der Waals surface area contributed by atoms with E-state index < -0.39 is 48.5 Å². The SMILES string of the molecule is CC(C)C(N)C(=O)O.NC(=O)CCC(N)C(=O)O.NC(CO)C(=O)O. The van der Waals surface area contributed by atoms with Crippen molar-refractivity contribution in [3.05, 3.63) is 0 Å². The van der Waals surface area contributed by atoms with Gasteiger partial charge < -0.3 is 43.4 Å². The maximum absolute atomic E-state index is 10.1. The maximum atomic E-state index is 10.1. The van der Waals surface area contributed by atoms with E-state index >= 15 is 0 Å². The monoisotopic (exact) mass is 368 g/mol. The molecule has 12 nitrogen and oxygen atoms in total. The molecule has 0 aliphatic carbocycles. The van der Waals surface area contributed by atoms with Crippen LogP contribution in [0.4, 0.5) is 0 Å². The average molecular weight is 368 g/mol. The molecular weight excluding hydrogens is 340 g/mol. The van der Waals surface area contributed by atoms with Crippen LogP contribution in [0.5, 0.6) is 0 Å². The second-order valence-corrected chi connectivity index (χ2v) is 5.19. The normalized spacial score (nSPS) is 13.2. The van der Waals surface area contributed by atoms with Gasteiger partial charge in [-0.1, -0.05) is 13.8 Å². The number of aliphatic hydroxyl groups excluding tert-OH is 1. The Morgan fingerprint density at radius 3 is 1.36 bits per heavy atom. The third-order valence-electron chi connectivity index (χ3n) is 2.54. The highest BCUT2D eigenvalue weighted by atomic mass is 16.4. The summed E-state index contributed by atoms with van der Waals surface area (Å²) in [6.45, 7) is 3.05. The Hall–Kier alpha value is -2.28. The predicted octanol–water partition coefficient (Wildman–Crippen LogP) is -2.89. The summed E-state index contributed by atoms with van der Waals surface area (Å²) in [6.07, 6.45) is 0.123. The van der Waals surface area contributed by atoms with Gasteiger partial charge in [0, 0.05) is 6.42 Å². The van der Waals surface area contributed by atoms with Crippen LogP contribution >= 0.6 is 0 Å². The zero-order valence-electron chi connectivity index (χ0n) is 14.2. The molecule has 0 aromatic heterocycles. The van der Waals surface area contributed by atoms with Crippen molar-refractivity contribution >= 4 is 23.8 Å². The number of carbonyl (C=O) groups is 4. The van der Waals surface area contributed by atoms with Gasteiger partial charge in [0.1, 0.15) is 18.1 Å². The Kier molecular flexibility index (Phi) is 16.8. The highest BCUT2D eigenvalue weighted by Crippen LogP contribution is 1.96. The molecule has 1 amide bonds. The second-order valence-electron chi connectivity index (χ2n) is 5.19. The Balaban J connectivity index is -0.000000296. The third kappa shape index (κ3) is 19.7. The summed E-state index contributed by atoms with van der Waals surface area (Å²) in [5, 5.41) is 32.3. The highest BCUT2D eigenvalue weighted by molar-refractivity contribution is 5.77. The van der Waals surface area contributed by atoms with E-state index in [2.05, 4.69) is 0 Å². The zero-order chi connectivity index (χ0) is 20.7. The summed E-state index contributed by atoms with van der Waals surface area (Å²) in [5.74, 6) is -3.73. The molecule has 0 aromatic carbocycles. The van der Waals surface area contributed by atoms with Crippen LogP contribution in [0.1, 0.15) is 26.7 Å². The third-order valence-corrected chi connectivity index (χ3v) is 2.54. The van der Waals surface area contributed by atoms with Crippen LogP contribution in [-0.2, 0) is 19.2 Å². The molecule has 0 bridgehead atoms. The number of aliphatic carboxylic acids is 3. The maximum Gasteiger partial charge on any atom is 0.322 e. The van der Waals surface area contributed by atoms with Gasteiger partial charge in [-0.2, -0.15) is 0 Å².